The first-order valence-corrected chi connectivity index (χ1v) is 9.73. The van der Waals surface area contributed by atoms with E-state index in [1.807, 2.05) is 26.8 Å². The van der Waals surface area contributed by atoms with Gasteiger partial charge >= 0.3 is 5.69 Å². The number of hydrogen-bond acceptors (Lipinski definition) is 3. The van der Waals surface area contributed by atoms with Crippen LogP contribution >= 0.6 is 0 Å². The van der Waals surface area contributed by atoms with Gasteiger partial charge in [0.15, 0.2) is 0 Å². The van der Waals surface area contributed by atoms with E-state index in [-0.39, 0.29) is 29.3 Å². The van der Waals surface area contributed by atoms with Gasteiger partial charge in [-0.2, -0.15) is 0 Å². The molecule has 146 valence electrons. The monoisotopic (exact) mass is 372 g/mol. The third kappa shape index (κ3) is 3.91. The van der Waals surface area contributed by atoms with Crippen molar-refractivity contribution in [3.63, 3.8) is 0 Å². The van der Waals surface area contributed by atoms with Gasteiger partial charge in [0.25, 0.3) is 0 Å². The summed E-state index contributed by atoms with van der Waals surface area (Å²) in [6.07, 6.45) is 4.22. The molecule has 7 nitrogen and oxygen atoms in total. The minimum absolute atomic E-state index is 0.0298. The molecule has 0 bridgehead atoms. The summed E-state index contributed by atoms with van der Waals surface area (Å²) in [7, 11) is 0. The van der Waals surface area contributed by atoms with Crippen molar-refractivity contribution in [2.75, 3.05) is 11.9 Å². The van der Waals surface area contributed by atoms with Gasteiger partial charge in [0.2, 0.25) is 11.8 Å². The van der Waals surface area contributed by atoms with Crippen molar-refractivity contribution >= 4 is 28.5 Å². The van der Waals surface area contributed by atoms with E-state index >= 15 is 0 Å². The predicted molar refractivity (Wildman–Crippen MR) is 106 cm³/mol. The lowest BCUT2D eigenvalue weighted by Crippen LogP contribution is -2.41. The summed E-state index contributed by atoms with van der Waals surface area (Å²) in [6.45, 7) is 6.50. The number of fused-ring (bicyclic) bond motifs is 1. The minimum Gasteiger partial charge on any atom is -0.356 e. The SMILES string of the molecule is CCCNC(=O)[C@@H]1CCCC[C@@H]1C(=O)Nc1c(C)c(C)cc2[nH]c(=O)[nH]c12. The molecule has 1 fully saturated rings. The van der Waals surface area contributed by atoms with Crippen LogP contribution in [0.5, 0.6) is 0 Å². The molecule has 2 atom stereocenters. The number of aromatic nitrogens is 2. The second kappa shape index (κ2) is 7.98. The number of carbonyl (C=O) groups is 2. The number of benzene rings is 1. The quantitative estimate of drug-likeness (QED) is 0.648. The Balaban J connectivity index is 1.87. The second-order valence-corrected chi connectivity index (χ2v) is 7.47. The number of rotatable bonds is 5. The number of anilines is 1. The van der Waals surface area contributed by atoms with Gasteiger partial charge < -0.3 is 20.6 Å². The van der Waals surface area contributed by atoms with Crippen molar-refractivity contribution in [1.29, 1.82) is 0 Å². The number of H-pyrrole nitrogens is 2. The highest BCUT2D eigenvalue weighted by Gasteiger charge is 2.36. The van der Waals surface area contributed by atoms with Crippen molar-refractivity contribution in [3.8, 4) is 0 Å². The highest BCUT2D eigenvalue weighted by Crippen LogP contribution is 2.33. The van der Waals surface area contributed by atoms with Crippen LogP contribution < -0.4 is 16.3 Å². The molecule has 0 saturated heterocycles. The van der Waals surface area contributed by atoms with Crippen LogP contribution in [0, 0.1) is 25.7 Å². The standard InChI is InChI=1S/C20H28N4O3/c1-4-9-21-18(25)13-7-5-6-8-14(13)19(26)23-16-12(3)11(2)10-15-17(16)24-20(27)22-15/h10,13-14H,4-9H2,1-3H3,(H,21,25)(H,23,26)(H2,22,24,27)/t13-,14+/m1/s1. The van der Waals surface area contributed by atoms with Gasteiger partial charge in [-0.25, -0.2) is 4.79 Å². The summed E-state index contributed by atoms with van der Waals surface area (Å²) in [5, 5.41) is 5.94. The average molecular weight is 372 g/mol. The zero-order chi connectivity index (χ0) is 19.6. The summed E-state index contributed by atoms with van der Waals surface area (Å²) in [5.74, 6) is -0.825. The molecule has 3 rings (SSSR count). The van der Waals surface area contributed by atoms with Crippen LogP contribution in [0.4, 0.5) is 5.69 Å². The zero-order valence-electron chi connectivity index (χ0n) is 16.2. The van der Waals surface area contributed by atoms with Gasteiger partial charge in [0, 0.05) is 18.4 Å². The maximum absolute atomic E-state index is 13.1. The lowest BCUT2D eigenvalue weighted by Gasteiger charge is -2.30. The van der Waals surface area contributed by atoms with Crippen LogP contribution in [0.1, 0.15) is 50.2 Å². The summed E-state index contributed by atoms with van der Waals surface area (Å²) >= 11 is 0. The maximum Gasteiger partial charge on any atom is 0.323 e. The molecule has 1 aliphatic carbocycles. The lowest BCUT2D eigenvalue weighted by molar-refractivity contribution is -0.134. The summed E-state index contributed by atoms with van der Waals surface area (Å²) in [4.78, 5) is 42.8. The number of amides is 2. The maximum atomic E-state index is 13.1. The Hall–Kier alpha value is -2.57. The molecule has 7 heteroatoms. The summed E-state index contributed by atoms with van der Waals surface area (Å²) in [6, 6.07) is 1.89. The molecular weight excluding hydrogens is 344 g/mol. The van der Waals surface area contributed by atoms with Crippen LogP contribution in [-0.2, 0) is 9.59 Å². The topological polar surface area (TPSA) is 107 Å². The van der Waals surface area contributed by atoms with Crippen molar-refractivity contribution in [1.82, 2.24) is 15.3 Å². The molecule has 0 aliphatic heterocycles. The molecule has 2 amide bonds. The Bertz CT molecular complexity index is 912. The Labute approximate surface area is 158 Å². The number of aryl methyl sites for hydroxylation is 1. The van der Waals surface area contributed by atoms with E-state index in [9.17, 15) is 14.4 Å². The minimum atomic E-state index is -0.351. The van der Waals surface area contributed by atoms with E-state index in [0.717, 1.165) is 36.8 Å². The highest BCUT2D eigenvalue weighted by atomic mass is 16.2. The molecule has 1 aliphatic rings. The molecule has 1 heterocycles. The third-order valence-corrected chi connectivity index (χ3v) is 5.57. The Morgan fingerprint density at radius 3 is 2.44 bits per heavy atom. The zero-order valence-corrected chi connectivity index (χ0v) is 16.2. The van der Waals surface area contributed by atoms with Crippen LogP contribution in [-0.4, -0.2) is 28.3 Å². The van der Waals surface area contributed by atoms with Crippen LogP contribution in [0.3, 0.4) is 0 Å². The molecule has 27 heavy (non-hydrogen) atoms. The van der Waals surface area contributed by atoms with E-state index < -0.39 is 0 Å². The number of aromatic amines is 2. The first-order valence-electron chi connectivity index (χ1n) is 9.73. The van der Waals surface area contributed by atoms with Crippen molar-refractivity contribution in [3.05, 3.63) is 27.7 Å². The fourth-order valence-corrected chi connectivity index (χ4v) is 3.92. The molecule has 0 radical (unpaired) electrons. The Morgan fingerprint density at radius 1 is 1.11 bits per heavy atom. The van der Waals surface area contributed by atoms with E-state index in [2.05, 4.69) is 20.6 Å². The number of carbonyl (C=O) groups excluding carboxylic acids is 2. The van der Waals surface area contributed by atoms with Gasteiger partial charge in [-0.3, -0.25) is 9.59 Å². The molecule has 1 aromatic heterocycles. The van der Waals surface area contributed by atoms with Gasteiger partial charge in [-0.1, -0.05) is 19.8 Å². The molecule has 2 aromatic rings. The number of nitrogens with one attached hydrogen (secondary N) is 4. The van der Waals surface area contributed by atoms with Crippen LogP contribution in [0.2, 0.25) is 0 Å². The van der Waals surface area contributed by atoms with Gasteiger partial charge in [0.1, 0.15) is 0 Å². The number of imidazole rings is 1. The van der Waals surface area contributed by atoms with Gasteiger partial charge in [-0.05, 0) is 50.3 Å². The first kappa shape index (κ1) is 19.2. The van der Waals surface area contributed by atoms with Gasteiger partial charge in [0.05, 0.1) is 16.7 Å². The smallest absolute Gasteiger partial charge is 0.323 e. The highest BCUT2D eigenvalue weighted by molar-refractivity contribution is 6.03. The van der Waals surface area contributed by atoms with E-state index in [1.165, 1.54) is 0 Å². The lowest BCUT2D eigenvalue weighted by atomic mass is 9.78. The normalized spacial score (nSPS) is 19.8. The first-order chi connectivity index (χ1) is 12.9. The van der Waals surface area contributed by atoms with E-state index in [1.54, 1.807) is 0 Å². The Morgan fingerprint density at radius 2 is 1.78 bits per heavy atom. The molecule has 1 saturated carbocycles. The fourth-order valence-electron chi connectivity index (χ4n) is 3.92. The Kier molecular flexibility index (Phi) is 5.68. The fraction of sp³-hybridized carbons (Fsp3) is 0.550. The van der Waals surface area contributed by atoms with Crippen molar-refractivity contribution in [2.24, 2.45) is 11.8 Å². The molecule has 1 aromatic carbocycles. The van der Waals surface area contributed by atoms with E-state index in [0.29, 0.717) is 29.7 Å². The summed E-state index contributed by atoms with van der Waals surface area (Å²) < 4.78 is 0. The average Bonchev–Trinajstić information content (AvgIpc) is 3.03. The van der Waals surface area contributed by atoms with Crippen molar-refractivity contribution in [2.45, 2.75) is 52.9 Å². The van der Waals surface area contributed by atoms with Crippen LogP contribution in [0.15, 0.2) is 10.9 Å². The largest absolute Gasteiger partial charge is 0.356 e. The van der Waals surface area contributed by atoms with Crippen molar-refractivity contribution < 1.29 is 9.59 Å². The third-order valence-electron chi connectivity index (χ3n) is 5.57. The number of hydrogen-bond donors (Lipinski definition) is 4. The van der Waals surface area contributed by atoms with Gasteiger partial charge in [-0.15, -0.1) is 0 Å². The van der Waals surface area contributed by atoms with Crippen LogP contribution in [0.25, 0.3) is 11.0 Å². The molecule has 4 N–H and O–H groups in total. The molecule has 0 unspecified atom stereocenters. The van der Waals surface area contributed by atoms with E-state index in [4.69, 9.17) is 0 Å². The predicted octanol–water partition coefficient (Wildman–Crippen LogP) is 2.74. The summed E-state index contributed by atoms with van der Waals surface area (Å²) in [5.41, 5.74) is 3.47. The molecule has 0 spiro atoms. The molecular formula is C20H28N4O3. The second-order valence-electron chi connectivity index (χ2n) is 7.47.